The van der Waals surface area contributed by atoms with Gasteiger partial charge in [-0.25, -0.2) is 14.6 Å². The molecule has 1 aromatic heterocycles. The number of thiazole rings is 1. The molecule has 2 amide bonds. The van der Waals surface area contributed by atoms with E-state index < -0.39 is 35.9 Å². The van der Waals surface area contributed by atoms with Gasteiger partial charge < -0.3 is 14.8 Å². The van der Waals surface area contributed by atoms with Gasteiger partial charge in [-0.1, -0.05) is 36.5 Å². The second-order valence-electron chi connectivity index (χ2n) is 7.15. The average molecular weight is 508 g/mol. The Kier molecular flexibility index (Phi) is 11.0. The fourth-order valence-corrected chi connectivity index (χ4v) is 4.22. The van der Waals surface area contributed by atoms with Gasteiger partial charge in [0.1, 0.15) is 10.9 Å². The van der Waals surface area contributed by atoms with Crippen molar-refractivity contribution in [3.05, 3.63) is 46.5 Å². The van der Waals surface area contributed by atoms with Gasteiger partial charge in [0.25, 0.3) is 11.8 Å². The quantitative estimate of drug-likeness (QED) is 0.419. The standard InChI is InChI=1S/C23H29N3O6S2/c1-5-17(20(28)26-23-24-14(3)18(34-23)22(30)31-6-2)32-21(29)16(12-13-33-4)25-19(27)15-10-8-7-9-11-15/h7-11,16-17H,5-6,12-13H2,1-4H3,(H,25,27)(H,24,26,28). The van der Waals surface area contributed by atoms with Gasteiger partial charge in [-0.2, -0.15) is 11.8 Å². The molecule has 0 aliphatic carbocycles. The lowest BCUT2D eigenvalue weighted by Crippen LogP contribution is -2.45. The van der Waals surface area contributed by atoms with Crippen LogP contribution in [0.4, 0.5) is 5.13 Å². The zero-order chi connectivity index (χ0) is 25.1. The monoisotopic (exact) mass is 507 g/mol. The number of amides is 2. The van der Waals surface area contributed by atoms with Crippen LogP contribution >= 0.6 is 23.1 Å². The van der Waals surface area contributed by atoms with Gasteiger partial charge in [0.2, 0.25) is 0 Å². The Bertz CT molecular complexity index is 996. The SMILES string of the molecule is CCOC(=O)c1sc(NC(=O)C(CC)OC(=O)C(CCSC)NC(=O)c2ccccc2)nc1C. The van der Waals surface area contributed by atoms with Crippen molar-refractivity contribution in [3.8, 4) is 0 Å². The molecule has 0 spiro atoms. The first-order chi connectivity index (χ1) is 16.3. The number of anilines is 1. The first kappa shape index (κ1) is 27.3. The molecule has 2 unspecified atom stereocenters. The molecule has 184 valence electrons. The van der Waals surface area contributed by atoms with E-state index in [0.29, 0.717) is 28.3 Å². The molecule has 0 aliphatic rings. The third-order valence-electron chi connectivity index (χ3n) is 4.65. The van der Waals surface area contributed by atoms with Crippen molar-refractivity contribution in [2.45, 2.75) is 45.8 Å². The molecule has 1 aromatic carbocycles. The van der Waals surface area contributed by atoms with Crippen LogP contribution in [-0.2, 0) is 19.1 Å². The summed E-state index contributed by atoms with van der Waals surface area (Å²) in [6, 6.07) is 7.65. The van der Waals surface area contributed by atoms with Crippen LogP contribution in [0.5, 0.6) is 0 Å². The van der Waals surface area contributed by atoms with Crippen LogP contribution in [0.15, 0.2) is 30.3 Å². The van der Waals surface area contributed by atoms with E-state index in [1.165, 1.54) is 11.8 Å². The Morgan fingerprint density at radius 2 is 1.85 bits per heavy atom. The predicted octanol–water partition coefficient (Wildman–Crippen LogP) is 3.44. The van der Waals surface area contributed by atoms with Crippen molar-refractivity contribution in [1.82, 2.24) is 10.3 Å². The Morgan fingerprint density at radius 3 is 2.47 bits per heavy atom. The Balaban J connectivity index is 2.06. The van der Waals surface area contributed by atoms with Gasteiger partial charge in [0.05, 0.1) is 12.3 Å². The number of aromatic nitrogens is 1. The van der Waals surface area contributed by atoms with Crippen LogP contribution in [0, 0.1) is 6.92 Å². The van der Waals surface area contributed by atoms with E-state index in [4.69, 9.17) is 9.47 Å². The van der Waals surface area contributed by atoms with E-state index in [9.17, 15) is 19.2 Å². The van der Waals surface area contributed by atoms with Crippen LogP contribution in [0.3, 0.4) is 0 Å². The fourth-order valence-electron chi connectivity index (χ4n) is 2.88. The lowest BCUT2D eigenvalue weighted by molar-refractivity contribution is -0.156. The van der Waals surface area contributed by atoms with Crippen LogP contribution in [0.2, 0.25) is 0 Å². The summed E-state index contributed by atoms with van der Waals surface area (Å²) in [5.41, 5.74) is 0.857. The summed E-state index contributed by atoms with van der Waals surface area (Å²) in [5, 5.41) is 5.50. The van der Waals surface area contributed by atoms with E-state index >= 15 is 0 Å². The molecule has 0 aliphatic heterocycles. The van der Waals surface area contributed by atoms with Crippen molar-refractivity contribution in [1.29, 1.82) is 0 Å². The van der Waals surface area contributed by atoms with Crippen molar-refractivity contribution in [3.63, 3.8) is 0 Å². The number of ether oxygens (including phenoxy) is 2. The highest BCUT2D eigenvalue weighted by Gasteiger charge is 2.29. The number of benzene rings is 1. The number of thioether (sulfide) groups is 1. The molecule has 34 heavy (non-hydrogen) atoms. The Labute approximate surface area is 207 Å². The molecular weight excluding hydrogens is 478 g/mol. The molecule has 1 heterocycles. The molecule has 2 aromatic rings. The molecular formula is C23H29N3O6S2. The average Bonchev–Trinajstić information content (AvgIpc) is 3.20. The molecule has 11 heteroatoms. The molecule has 0 fully saturated rings. The van der Waals surface area contributed by atoms with Crippen LogP contribution in [0.1, 0.15) is 52.4 Å². The van der Waals surface area contributed by atoms with Crippen molar-refractivity contribution >= 4 is 52.0 Å². The van der Waals surface area contributed by atoms with E-state index in [0.717, 1.165) is 11.3 Å². The number of carbonyl (C=O) groups excluding carboxylic acids is 4. The summed E-state index contributed by atoms with van der Waals surface area (Å²) >= 11 is 2.52. The number of rotatable bonds is 12. The topological polar surface area (TPSA) is 124 Å². The molecule has 0 bridgehead atoms. The van der Waals surface area contributed by atoms with E-state index in [1.807, 2.05) is 6.26 Å². The van der Waals surface area contributed by atoms with Gasteiger partial charge in [0.15, 0.2) is 11.2 Å². The van der Waals surface area contributed by atoms with Gasteiger partial charge in [-0.3, -0.25) is 14.9 Å². The molecule has 0 saturated carbocycles. The molecule has 2 rings (SSSR count). The minimum Gasteiger partial charge on any atom is -0.462 e. The van der Waals surface area contributed by atoms with Crippen molar-refractivity contribution < 1.29 is 28.7 Å². The zero-order valence-corrected chi connectivity index (χ0v) is 21.2. The third-order valence-corrected chi connectivity index (χ3v) is 6.34. The predicted molar refractivity (Wildman–Crippen MR) is 132 cm³/mol. The smallest absolute Gasteiger partial charge is 0.350 e. The van der Waals surface area contributed by atoms with Crippen molar-refractivity contribution in [2.75, 3.05) is 23.9 Å². The number of nitrogens with zero attached hydrogens (tertiary/aromatic N) is 1. The van der Waals surface area contributed by atoms with Gasteiger partial charge in [-0.05, 0) is 50.8 Å². The van der Waals surface area contributed by atoms with Gasteiger partial charge >= 0.3 is 11.9 Å². The fraction of sp³-hybridized carbons (Fsp3) is 0.435. The number of nitrogens with one attached hydrogen (secondary N) is 2. The summed E-state index contributed by atoms with van der Waals surface area (Å²) in [6.07, 6.45) is 1.37. The van der Waals surface area contributed by atoms with Crippen LogP contribution in [0.25, 0.3) is 0 Å². The zero-order valence-electron chi connectivity index (χ0n) is 19.6. The first-order valence-electron chi connectivity index (χ1n) is 10.8. The lowest BCUT2D eigenvalue weighted by Gasteiger charge is -2.21. The summed E-state index contributed by atoms with van der Waals surface area (Å²) < 4.78 is 10.4. The summed E-state index contributed by atoms with van der Waals surface area (Å²) in [5.74, 6) is -1.55. The van der Waals surface area contributed by atoms with Gasteiger partial charge in [-0.15, -0.1) is 0 Å². The maximum absolute atomic E-state index is 12.9. The van der Waals surface area contributed by atoms with E-state index in [-0.39, 0.29) is 18.2 Å². The largest absolute Gasteiger partial charge is 0.462 e. The number of carbonyl (C=O) groups is 4. The number of hydrogen-bond donors (Lipinski definition) is 2. The maximum Gasteiger partial charge on any atom is 0.350 e. The summed E-state index contributed by atoms with van der Waals surface area (Å²) in [4.78, 5) is 54.6. The van der Waals surface area contributed by atoms with Crippen LogP contribution in [-0.4, -0.2) is 59.5 Å². The Morgan fingerprint density at radius 1 is 1.15 bits per heavy atom. The number of esters is 2. The molecule has 0 radical (unpaired) electrons. The summed E-state index contributed by atoms with van der Waals surface area (Å²) in [7, 11) is 0. The van der Waals surface area contributed by atoms with E-state index in [2.05, 4.69) is 15.6 Å². The highest BCUT2D eigenvalue weighted by Crippen LogP contribution is 2.24. The number of hydrogen-bond acceptors (Lipinski definition) is 9. The highest BCUT2D eigenvalue weighted by atomic mass is 32.2. The first-order valence-corrected chi connectivity index (χ1v) is 13.0. The van der Waals surface area contributed by atoms with Crippen LogP contribution < -0.4 is 10.6 Å². The normalized spacial score (nSPS) is 12.4. The van der Waals surface area contributed by atoms with E-state index in [1.54, 1.807) is 51.1 Å². The second-order valence-corrected chi connectivity index (χ2v) is 9.14. The highest BCUT2D eigenvalue weighted by molar-refractivity contribution is 7.98. The minimum absolute atomic E-state index is 0.205. The number of aryl methyl sites for hydroxylation is 1. The van der Waals surface area contributed by atoms with Gasteiger partial charge in [0, 0.05) is 5.56 Å². The second kappa shape index (κ2) is 13.7. The Hall–Kier alpha value is -2.92. The molecule has 0 saturated heterocycles. The third kappa shape index (κ3) is 7.84. The molecule has 2 atom stereocenters. The molecule has 9 nitrogen and oxygen atoms in total. The maximum atomic E-state index is 12.9. The van der Waals surface area contributed by atoms with Crippen molar-refractivity contribution in [2.24, 2.45) is 0 Å². The lowest BCUT2D eigenvalue weighted by atomic mass is 10.1. The summed E-state index contributed by atoms with van der Waals surface area (Å²) in [6.45, 7) is 5.27. The minimum atomic E-state index is -1.09. The molecule has 2 N–H and O–H groups in total.